The Morgan fingerprint density at radius 3 is 2.73 bits per heavy atom. The highest BCUT2D eigenvalue weighted by atomic mass is 32.1. The summed E-state index contributed by atoms with van der Waals surface area (Å²) in [6, 6.07) is -0.129. The summed E-state index contributed by atoms with van der Waals surface area (Å²) >= 11 is 1.52. The number of fused-ring (bicyclic) bond motifs is 1. The maximum atomic E-state index is 12.7. The van der Waals surface area contributed by atoms with Crippen molar-refractivity contribution in [2.75, 3.05) is 0 Å². The molecule has 0 saturated carbocycles. The number of aromatic nitrogens is 4. The maximum Gasteiger partial charge on any atom is 0.262 e. The molecule has 138 valence electrons. The van der Waals surface area contributed by atoms with Crippen LogP contribution in [0.1, 0.15) is 41.1 Å². The fourth-order valence-electron chi connectivity index (χ4n) is 2.98. The minimum absolute atomic E-state index is 0.0826. The van der Waals surface area contributed by atoms with E-state index >= 15 is 0 Å². The Morgan fingerprint density at radius 1 is 1.35 bits per heavy atom. The van der Waals surface area contributed by atoms with Gasteiger partial charge >= 0.3 is 0 Å². The predicted molar refractivity (Wildman–Crippen MR) is 102 cm³/mol. The van der Waals surface area contributed by atoms with Crippen molar-refractivity contribution >= 4 is 27.5 Å². The van der Waals surface area contributed by atoms with Crippen LogP contribution < -0.4 is 10.9 Å². The molecule has 3 rings (SSSR count). The van der Waals surface area contributed by atoms with E-state index < -0.39 is 0 Å². The van der Waals surface area contributed by atoms with Crippen molar-refractivity contribution in [1.82, 2.24) is 24.6 Å². The Kier molecular flexibility index (Phi) is 4.95. The zero-order valence-corrected chi connectivity index (χ0v) is 16.5. The highest BCUT2D eigenvalue weighted by Gasteiger charge is 2.16. The van der Waals surface area contributed by atoms with Crippen molar-refractivity contribution in [3.63, 3.8) is 0 Å². The largest absolute Gasteiger partial charge is 0.349 e. The highest BCUT2D eigenvalue weighted by Crippen LogP contribution is 2.25. The second-order valence-electron chi connectivity index (χ2n) is 6.55. The molecule has 0 aliphatic rings. The molecule has 0 fully saturated rings. The fourth-order valence-corrected chi connectivity index (χ4v) is 3.97. The van der Waals surface area contributed by atoms with E-state index in [0.29, 0.717) is 11.9 Å². The van der Waals surface area contributed by atoms with Gasteiger partial charge in [-0.1, -0.05) is 0 Å². The minimum Gasteiger partial charge on any atom is -0.349 e. The van der Waals surface area contributed by atoms with Crippen molar-refractivity contribution in [2.24, 2.45) is 7.05 Å². The molecule has 0 spiro atoms. The van der Waals surface area contributed by atoms with E-state index in [-0.39, 0.29) is 23.9 Å². The number of nitrogens with zero attached hydrogens (tertiary/aromatic N) is 4. The zero-order valence-electron chi connectivity index (χ0n) is 15.7. The van der Waals surface area contributed by atoms with E-state index in [2.05, 4.69) is 15.4 Å². The molecule has 1 N–H and O–H groups in total. The highest BCUT2D eigenvalue weighted by molar-refractivity contribution is 7.18. The average Bonchev–Trinajstić information content (AvgIpc) is 3.07. The van der Waals surface area contributed by atoms with E-state index in [9.17, 15) is 9.59 Å². The molecule has 3 aromatic heterocycles. The normalized spacial score (nSPS) is 12.5. The molecule has 0 radical (unpaired) electrons. The molecule has 0 saturated heterocycles. The first kappa shape index (κ1) is 18.3. The topological polar surface area (TPSA) is 81.8 Å². The van der Waals surface area contributed by atoms with E-state index in [0.717, 1.165) is 26.5 Å². The lowest BCUT2D eigenvalue weighted by molar-refractivity contribution is -0.121. The monoisotopic (exact) mass is 373 g/mol. The number of thiophene rings is 1. The predicted octanol–water partition coefficient (Wildman–Crippen LogP) is 2.38. The number of carbonyl (C=O) groups excluding carboxylic acids is 1. The smallest absolute Gasteiger partial charge is 0.262 e. The van der Waals surface area contributed by atoms with Gasteiger partial charge in [-0.15, -0.1) is 11.3 Å². The summed E-state index contributed by atoms with van der Waals surface area (Å²) in [4.78, 5) is 31.2. The lowest BCUT2D eigenvalue weighted by Gasteiger charge is -2.14. The number of rotatable bonds is 5. The molecule has 0 aliphatic heterocycles. The number of amides is 1. The van der Waals surface area contributed by atoms with Crippen LogP contribution in [-0.4, -0.2) is 25.2 Å². The summed E-state index contributed by atoms with van der Waals surface area (Å²) < 4.78 is 3.30. The van der Waals surface area contributed by atoms with Gasteiger partial charge in [0.2, 0.25) is 5.91 Å². The van der Waals surface area contributed by atoms with E-state index in [1.807, 2.05) is 34.7 Å². The summed E-state index contributed by atoms with van der Waals surface area (Å²) in [5.41, 5.74) is 2.90. The lowest BCUT2D eigenvalue weighted by Crippen LogP contribution is -2.29. The zero-order chi connectivity index (χ0) is 19.0. The van der Waals surface area contributed by atoms with Crippen LogP contribution >= 0.6 is 11.3 Å². The molecule has 26 heavy (non-hydrogen) atoms. The summed E-state index contributed by atoms with van der Waals surface area (Å²) in [6.07, 6.45) is 3.52. The minimum atomic E-state index is -0.129. The summed E-state index contributed by atoms with van der Waals surface area (Å²) in [5.74, 6) is -0.106. The summed E-state index contributed by atoms with van der Waals surface area (Å²) in [6.45, 7) is 8.13. The summed E-state index contributed by atoms with van der Waals surface area (Å²) in [7, 11) is 1.87. The van der Waals surface area contributed by atoms with Gasteiger partial charge in [0.15, 0.2) is 0 Å². The van der Waals surface area contributed by atoms with Crippen LogP contribution in [0.25, 0.3) is 10.2 Å². The average molecular weight is 373 g/mol. The van der Waals surface area contributed by atoms with Gasteiger partial charge in [-0.2, -0.15) is 5.10 Å². The van der Waals surface area contributed by atoms with Gasteiger partial charge in [0.1, 0.15) is 4.83 Å². The first-order valence-corrected chi connectivity index (χ1v) is 9.34. The maximum absolute atomic E-state index is 12.7. The fraction of sp³-hybridized carbons (Fsp3) is 0.444. The molecular formula is C18H23N5O2S. The third-order valence-corrected chi connectivity index (χ3v) is 5.97. The SMILES string of the molecule is Cc1sc2ncn(CCC(=O)N[C@H](C)c3cnn(C)c3C)c(=O)c2c1C. The van der Waals surface area contributed by atoms with Gasteiger partial charge in [-0.05, 0) is 33.3 Å². The van der Waals surface area contributed by atoms with Gasteiger partial charge in [0.05, 0.1) is 24.0 Å². The van der Waals surface area contributed by atoms with Crippen LogP contribution in [0.2, 0.25) is 0 Å². The van der Waals surface area contributed by atoms with Crippen molar-refractivity contribution in [3.05, 3.63) is 44.6 Å². The molecule has 8 heteroatoms. The molecule has 0 aromatic carbocycles. The summed E-state index contributed by atoms with van der Waals surface area (Å²) in [5, 5.41) is 7.83. The van der Waals surface area contributed by atoms with Gasteiger partial charge in [-0.25, -0.2) is 4.98 Å². The van der Waals surface area contributed by atoms with Crippen molar-refractivity contribution in [2.45, 2.75) is 46.7 Å². The lowest BCUT2D eigenvalue weighted by atomic mass is 10.1. The number of hydrogen-bond donors (Lipinski definition) is 1. The first-order chi connectivity index (χ1) is 12.3. The molecule has 3 aromatic rings. The van der Waals surface area contributed by atoms with Gasteiger partial charge in [0, 0.05) is 36.1 Å². The Labute approximate surface area is 155 Å². The van der Waals surface area contributed by atoms with E-state index in [1.165, 1.54) is 22.2 Å². The van der Waals surface area contributed by atoms with Crippen LogP contribution in [0, 0.1) is 20.8 Å². The molecule has 0 unspecified atom stereocenters. The number of aryl methyl sites for hydroxylation is 4. The van der Waals surface area contributed by atoms with Crippen LogP contribution in [0.5, 0.6) is 0 Å². The van der Waals surface area contributed by atoms with E-state index in [1.54, 1.807) is 10.9 Å². The Morgan fingerprint density at radius 2 is 2.08 bits per heavy atom. The first-order valence-electron chi connectivity index (χ1n) is 8.52. The Balaban J connectivity index is 1.69. The molecule has 1 atom stereocenters. The molecule has 0 bridgehead atoms. The second kappa shape index (κ2) is 7.03. The quantitative estimate of drug-likeness (QED) is 0.744. The molecular weight excluding hydrogens is 350 g/mol. The molecule has 0 aliphatic carbocycles. The van der Waals surface area contributed by atoms with Crippen molar-refractivity contribution < 1.29 is 4.79 Å². The van der Waals surface area contributed by atoms with Gasteiger partial charge in [-0.3, -0.25) is 18.8 Å². The standard InChI is InChI=1S/C18H23N5O2S/c1-10-13(4)26-17-16(10)18(25)23(9-19-17)7-6-15(24)21-11(2)14-8-20-22(5)12(14)3/h8-9,11H,6-7H2,1-5H3,(H,21,24)/t11-/m1/s1. The van der Waals surface area contributed by atoms with Gasteiger partial charge < -0.3 is 5.32 Å². The number of carbonyl (C=O) groups is 1. The molecule has 3 heterocycles. The van der Waals surface area contributed by atoms with E-state index in [4.69, 9.17) is 0 Å². The van der Waals surface area contributed by atoms with Crippen molar-refractivity contribution in [1.29, 1.82) is 0 Å². The Hall–Kier alpha value is -2.48. The Bertz CT molecular complexity index is 1030. The van der Waals surface area contributed by atoms with Crippen LogP contribution in [-0.2, 0) is 18.4 Å². The third kappa shape index (κ3) is 3.29. The van der Waals surface area contributed by atoms with Crippen LogP contribution in [0.3, 0.4) is 0 Å². The molecule has 7 nitrogen and oxygen atoms in total. The van der Waals surface area contributed by atoms with Crippen LogP contribution in [0.4, 0.5) is 0 Å². The third-order valence-electron chi connectivity index (χ3n) is 4.85. The number of nitrogens with one attached hydrogen (secondary N) is 1. The van der Waals surface area contributed by atoms with Crippen LogP contribution in [0.15, 0.2) is 17.3 Å². The second-order valence-corrected chi connectivity index (χ2v) is 7.76. The number of hydrogen-bond acceptors (Lipinski definition) is 5. The van der Waals surface area contributed by atoms with Crippen molar-refractivity contribution in [3.8, 4) is 0 Å². The molecule has 1 amide bonds. The van der Waals surface area contributed by atoms with Gasteiger partial charge in [0.25, 0.3) is 5.56 Å².